The molecule has 0 radical (unpaired) electrons. The molecule has 0 aliphatic heterocycles. The van der Waals surface area contributed by atoms with Crippen LogP contribution in [0, 0.1) is 13.8 Å². The first-order chi connectivity index (χ1) is 12.1. The molecule has 2 aromatic carbocycles. The van der Waals surface area contributed by atoms with Crippen molar-refractivity contribution in [3.8, 4) is 0 Å². The maximum absolute atomic E-state index is 13.4. The monoisotopic (exact) mass is 332 g/mol. The number of rotatable bonds is 5. The summed E-state index contributed by atoms with van der Waals surface area (Å²) >= 11 is 0. The van der Waals surface area contributed by atoms with E-state index in [9.17, 15) is 4.79 Å². The first kappa shape index (κ1) is 17.2. The summed E-state index contributed by atoms with van der Waals surface area (Å²) < 4.78 is 1.60. The molecule has 25 heavy (non-hydrogen) atoms. The van der Waals surface area contributed by atoms with Crippen LogP contribution in [0.1, 0.15) is 52.1 Å². The normalized spacial score (nSPS) is 11.0. The summed E-state index contributed by atoms with van der Waals surface area (Å²) in [6, 6.07) is 19.9. The van der Waals surface area contributed by atoms with Crippen molar-refractivity contribution in [1.29, 1.82) is 0 Å². The van der Waals surface area contributed by atoms with Gasteiger partial charge in [-0.05, 0) is 37.0 Å². The third kappa shape index (κ3) is 3.41. The van der Waals surface area contributed by atoms with E-state index in [1.165, 1.54) is 5.56 Å². The molecule has 0 bridgehead atoms. The molecule has 0 spiro atoms. The minimum atomic E-state index is -0.352. The standard InChI is InChI=1S/C22H24N2O/c1-4-11-20-16(2)23-24(17(20)3)22(25)21(18-12-7-5-8-13-18)19-14-9-6-10-15-19/h5-10,12-15,21H,4,11H2,1-3H3. The fourth-order valence-corrected chi connectivity index (χ4v) is 3.39. The number of carbonyl (C=O) groups is 1. The Labute approximate surface area is 149 Å². The molecule has 0 saturated carbocycles. The van der Waals surface area contributed by atoms with Crippen molar-refractivity contribution in [3.05, 3.63) is 88.7 Å². The smallest absolute Gasteiger partial charge is 0.259 e. The highest BCUT2D eigenvalue weighted by molar-refractivity contribution is 5.89. The molecular formula is C22H24N2O. The van der Waals surface area contributed by atoms with Gasteiger partial charge < -0.3 is 0 Å². The van der Waals surface area contributed by atoms with E-state index in [1.807, 2.05) is 74.5 Å². The van der Waals surface area contributed by atoms with Crippen molar-refractivity contribution >= 4 is 5.91 Å². The lowest BCUT2D eigenvalue weighted by molar-refractivity contribution is 0.0874. The number of carbonyl (C=O) groups excluding carboxylic acids is 1. The highest BCUT2D eigenvalue weighted by atomic mass is 16.2. The Bertz CT molecular complexity index is 811. The Kier molecular flexibility index (Phi) is 5.13. The minimum Gasteiger partial charge on any atom is -0.271 e. The lowest BCUT2D eigenvalue weighted by Crippen LogP contribution is -2.23. The summed E-state index contributed by atoms with van der Waals surface area (Å²) in [6.45, 7) is 6.13. The third-order valence-electron chi connectivity index (χ3n) is 4.66. The van der Waals surface area contributed by atoms with Crippen molar-refractivity contribution < 1.29 is 4.79 Å². The minimum absolute atomic E-state index is 0.000327. The van der Waals surface area contributed by atoms with E-state index in [4.69, 9.17) is 0 Å². The second-order valence-electron chi connectivity index (χ2n) is 6.40. The van der Waals surface area contributed by atoms with Crippen molar-refractivity contribution in [1.82, 2.24) is 9.78 Å². The van der Waals surface area contributed by atoms with Crippen LogP contribution in [-0.4, -0.2) is 15.7 Å². The molecule has 0 unspecified atom stereocenters. The van der Waals surface area contributed by atoms with Crippen LogP contribution in [-0.2, 0) is 6.42 Å². The molecule has 128 valence electrons. The van der Waals surface area contributed by atoms with Gasteiger partial charge in [0.25, 0.3) is 5.91 Å². The van der Waals surface area contributed by atoms with E-state index < -0.39 is 0 Å². The summed E-state index contributed by atoms with van der Waals surface area (Å²) in [5.74, 6) is -0.352. The summed E-state index contributed by atoms with van der Waals surface area (Å²) in [5.41, 5.74) is 5.08. The molecule has 3 nitrogen and oxygen atoms in total. The van der Waals surface area contributed by atoms with Crippen molar-refractivity contribution in [2.24, 2.45) is 0 Å². The van der Waals surface area contributed by atoms with Crippen LogP contribution in [0.15, 0.2) is 60.7 Å². The van der Waals surface area contributed by atoms with Crippen molar-refractivity contribution in [2.75, 3.05) is 0 Å². The van der Waals surface area contributed by atoms with Crippen LogP contribution < -0.4 is 0 Å². The molecule has 1 heterocycles. The molecule has 0 aliphatic rings. The van der Waals surface area contributed by atoms with E-state index in [-0.39, 0.29) is 11.8 Å². The van der Waals surface area contributed by atoms with Gasteiger partial charge in [0.15, 0.2) is 0 Å². The first-order valence-corrected chi connectivity index (χ1v) is 8.82. The topological polar surface area (TPSA) is 34.9 Å². The number of aromatic nitrogens is 2. The van der Waals surface area contributed by atoms with Crippen LogP contribution in [0.3, 0.4) is 0 Å². The van der Waals surface area contributed by atoms with Gasteiger partial charge in [-0.2, -0.15) is 5.10 Å². The molecule has 0 N–H and O–H groups in total. The lowest BCUT2D eigenvalue weighted by Gasteiger charge is -2.17. The summed E-state index contributed by atoms with van der Waals surface area (Å²) in [7, 11) is 0. The van der Waals surface area contributed by atoms with Gasteiger partial charge in [-0.15, -0.1) is 0 Å². The second kappa shape index (κ2) is 7.47. The molecule has 3 aromatic rings. The van der Waals surface area contributed by atoms with E-state index in [2.05, 4.69) is 12.0 Å². The Hall–Kier alpha value is -2.68. The van der Waals surface area contributed by atoms with Gasteiger partial charge >= 0.3 is 0 Å². The molecule has 0 amide bonds. The van der Waals surface area contributed by atoms with E-state index in [0.29, 0.717) is 0 Å². The zero-order chi connectivity index (χ0) is 17.8. The number of benzene rings is 2. The van der Waals surface area contributed by atoms with Gasteiger partial charge in [0.2, 0.25) is 0 Å². The molecule has 0 atom stereocenters. The van der Waals surface area contributed by atoms with Gasteiger partial charge in [0, 0.05) is 5.69 Å². The Morgan fingerprint density at radius 1 is 0.960 bits per heavy atom. The molecule has 1 aromatic heterocycles. The van der Waals surface area contributed by atoms with E-state index in [1.54, 1.807) is 4.68 Å². The first-order valence-electron chi connectivity index (χ1n) is 8.82. The molecule has 0 aliphatic carbocycles. The van der Waals surface area contributed by atoms with Crippen LogP contribution in [0.4, 0.5) is 0 Å². The highest BCUT2D eigenvalue weighted by Gasteiger charge is 2.27. The fourth-order valence-electron chi connectivity index (χ4n) is 3.39. The molecule has 3 heteroatoms. The molecule has 0 saturated heterocycles. The number of hydrogen-bond acceptors (Lipinski definition) is 2. The van der Waals surface area contributed by atoms with Crippen molar-refractivity contribution in [3.63, 3.8) is 0 Å². The lowest BCUT2D eigenvalue weighted by atomic mass is 9.90. The average Bonchev–Trinajstić information content (AvgIpc) is 2.92. The maximum Gasteiger partial charge on any atom is 0.259 e. The van der Waals surface area contributed by atoms with Gasteiger partial charge in [0.1, 0.15) is 0 Å². The molecular weight excluding hydrogens is 308 g/mol. The average molecular weight is 332 g/mol. The predicted molar refractivity (Wildman–Crippen MR) is 101 cm³/mol. The fraction of sp³-hybridized carbons (Fsp3) is 0.273. The van der Waals surface area contributed by atoms with Gasteiger partial charge in [-0.1, -0.05) is 74.0 Å². The quantitative estimate of drug-likeness (QED) is 0.664. The van der Waals surface area contributed by atoms with Gasteiger partial charge in [-0.25, -0.2) is 4.68 Å². The van der Waals surface area contributed by atoms with Crippen LogP contribution >= 0.6 is 0 Å². The Morgan fingerprint density at radius 2 is 1.48 bits per heavy atom. The van der Waals surface area contributed by atoms with E-state index >= 15 is 0 Å². The highest BCUT2D eigenvalue weighted by Crippen LogP contribution is 2.28. The maximum atomic E-state index is 13.4. The Balaban J connectivity index is 2.09. The molecule has 3 rings (SSSR count). The zero-order valence-corrected chi connectivity index (χ0v) is 15.1. The summed E-state index contributed by atoms with van der Waals surface area (Å²) in [4.78, 5) is 13.4. The van der Waals surface area contributed by atoms with Crippen LogP contribution in [0.25, 0.3) is 0 Å². The number of nitrogens with zero attached hydrogens (tertiary/aromatic N) is 2. The largest absolute Gasteiger partial charge is 0.271 e. The van der Waals surface area contributed by atoms with Crippen molar-refractivity contribution in [2.45, 2.75) is 39.5 Å². The Morgan fingerprint density at radius 3 is 1.96 bits per heavy atom. The third-order valence-corrected chi connectivity index (χ3v) is 4.66. The van der Waals surface area contributed by atoms with Gasteiger partial charge in [-0.3, -0.25) is 4.79 Å². The summed E-state index contributed by atoms with van der Waals surface area (Å²) in [5, 5.41) is 4.57. The zero-order valence-electron chi connectivity index (χ0n) is 15.1. The van der Waals surface area contributed by atoms with E-state index in [0.717, 1.165) is 35.4 Å². The predicted octanol–water partition coefficient (Wildman–Crippen LogP) is 4.92. The van der Waals surface area contributed by atoms with Crippen LogP contribution in [0.2, 0.25) is 0 Å². The number of hydrogen-bond donors (Lipinski definition) is 0. The van der Waals surface area contributed by atoms with Crippen LogP contribution in [0.5, 0.6) is 0 Å². The SMILES string of the molecule is CCCc1c(C)nn(C(=O)C(c2ccccc2)c2ccccc2)c1C. The second-order valence-corrected chi connectivity index (χ2v) is 6.40. The summed E-state index contributed by atoms with van der Waals surface area (Å²) in [6.07, 6.45) is 1.99. The van der Waals surface area contributed by atoms with Gasteiger partial charge in [0.05, 0.1) is 11.6 Å². The number of aryl methyl sites for hydroxylation is 1. The molecule has 0 fully saturated rings.